The van der Waals surface area contributed by atoms with Gasteiger partial charge in [-0.25, -0.2) is 23.6 Å². The average Bonchev–Trinajstić information content (AvgIpc) is 3.22. The summed E-state index contributed by atoms with van der Waals surface area (Å²) in [4.78, 5) is 20.7. The molecule has 0 unspecified atom stereocenters. The number of benzene rings is 1. The minimum absolute atomic E-state index is 0.107. The number of hydrogen-bond acceptors (Lipinski definition) is 5. The van der Waals surface area contributed by atoms with E-state index in [9.17, 15) is 9.18 Å². The summed E-state index contributed by atoms with van der Waals surface area (Å²) in [7, 11) is 0. The van der Waals surface area contributed by atoms with Crippen molar-refractivity contribution in [2.75, 3.05) is 5.32 Å². The Morgan fingerprint density at radius 2 is 2.15 bits per heavy atom. The Hall–Kier alpha value is -2.85. The summed E-state index contributed by atoms with van der Waals surface area (Å²) >= 11 is 9.34. The maximum atomic E-state index is 13.1. The normalized spacial score (nSPS) is 11.1. The molecule has 8 nitrogen and oxygen atoms in total. The lowest BCUT2D eigenvalue weighted by atomic mass is 10.2. The van der Waals surface area contributed by atoms with Gasteiger partial charge >= 0.3 is 0 Å². The molecule has 0 aliphatic carbocycles. The van der Waals surface area contributed by atoms with Crippen molar-refractivity contribution in [1.82, 2.24) is 29.4 Å². The maximum absolute atomic E-state index is 13.1. The Morgan fingerprint density at radius 3 is 2.93 bits per heavy atom. The number of amides is 1. The Kier molecular flexibility index (Phi) is 4.58. The molecule has 1 amide bonds. The van der Waals surface area contributed by atoms with E-state index in [1.54, 1.807) is 24.5 Å². The highest BCUT2D eigenvalue weighted by atomic mass is 79.9. The average molecular weight is 451 g/mol. The second kappa shape index (κ2) is 7.05. The molecule has 27 heavy (non-hydrogen) atoms. The van der Waals surface area contributed by atoms with Gasteiger partial charge in [0.05, 0.1) is 11.0 Å². The van der Waals surface area contributed by atoms with Crippen molar-refractivity contribution in [1.29, 1.82) is 0 Å². The van der Waals surface area contributed by atoms with E-state index in [0.717, 1.165) is 0 Å². The molecule has 0 spiro atoms. The molecule has 0 aliphatic rings. The highest BCUT2D eigenvalue weighted by molar-refractivity contribution is 9.10. The van der Waals surface area contributed by atoms with E-state index < -0.39 is 11.7 Å². The fourth-order valence-electron chi connectivity index (χ4n) is 2.42. The molecule has 0 saturated carbocycles. The maximum Gasteiger partial charge on any atom is 0.279 e. The quantitative estimate of drug-likeness (QED) is 0.516. The van der Waals surface area contributed by atoms with Crippen molar-refractivity contribution in [3.05, 3.63) is 69.6 Å². The van der Waals surface area contributed by atoms with Gasteiger partial charge in [0.25, 0.3) is 5.91 Å². The van der Waals surface area contributed by atoms with Crippen molar-refractivity contribution < 1.29 is 9.18 Å². The van der Waals surface area contributed by atoms with Gasteiger partial charge in [0.1, 0.15) is 12.1 Å². The van der Waals surface area contributed by atoms with Crippen LogP contribution in [-0.4, -0.2) is 35.3 Å². The highest BCUT2D eigenvalue weighted by Gasteiger charge is 2.19. The molecule has 3 heterocycles. The molecule has 0 atom stereocenters. The molecule has 1 aromatic carbocycles. The van der Waals surface area contributed by atoms with Crippen molar-refractivity contribution in [2.24, 2.45) is 0 Å². The largest absolute Gasteiger partial charge is 0.288 e. The number of nitrogens with one attached hydrogen (secondary N) is 1. The Balaban J connectivity index is 1.51. The molecule has 136 valence electrons. The van der Waals surface area contributed by atoms with Crippen LogP contribution in [0.5, 0.6) is 0 Å². The summed E-state index contributed by atoms with van der Waals surface area (Å²) in [5.74, 6) is -0.789. The van der Waals surface area contributed by atoms with Crippen LogP contribution in [0.25, 0.3) is 5.65 Å². The molecule has 0 aliphatic heterocycles. The molecule has 0 saturated heterocycles. The number of carbonyl (C=O) groups is 1. The van der Waals surface area contributed by atoms with Crippen molar-refractivity contribution in [3.8, 4) is 0 Å². The number of halogens is 3. The lowest BCUT2D eigenvalue weighted by Crippen LogP contribution is -2.15. The van der Waals surface area contributed by atoms with Crippen LogP contribution in [0.15, 0.2) is 47.5 Å². The third-order valence-electron chi connectivity index (χ3n) is 3.66. The molecule has 3 aromatic heterocycles. The lowest BCUT2D eigenvalue weighted by Gasteiger charge is -2.04. The van der Waals surface area contributed by atoms with Gasteiger partial charge in [-0.05, 0) is 39.7 Å². The van der Waals surface area contributed by atoms with Crippen LogP contribution in [0.1, 0.15) is 16.1 Å². The summed E-state index contributed by atoms with van der Waals surface area (Å²) in [6, 6.07) is 5.82. The number of carbonyl (C=O) groups excluding carboxylic acids is 1. The van der Waals surface area contributed by atoms with Gasteiger partial charge in [0.2, 0.25) is 5.95 Å². The van der Waals surface area contributed by atoms with Gasteiger partial charge in [0, 0.05) is 17.4 Å². The van der Waals surface area contributed by atoms with Crippen molar-refractivity contribution >= 4 is 45.0 Å². The van der Waals surface area contributed by atoms with Crippen molar-refractivity contribution in [2.45, 2.75) is 6.54 Å². The van der Waals surface area contributed by atoms with E-state index in [2.05, 4.69) is 41.4 Å². The summed E-state index contributed by atoms with van der Waals surface area (Å²) in [6.45, 7) is 0.282. The number of nitrogens with zero attached hydrogens (tertiary/aromatic N) is 6. The number of aromatic nitrogens is 6. The Bertz CT molecular complexity index is 1160. The zero-order valence-corrected chi connectivity index (χ0v) is 15.8. The molecule has 0 fully saturated rings. The smallest absolute Gasteiger partial charge is 0.279 e. The lowest BCUT2D eigenvalue weighted by molar-refractivity contribution is 0.102. The minimum atomic E-state index is -0.482. The van der Waals surface area contributed by atoms with E-state index in [1.165, 1.54) is 27.7 Å². The van der Waals surface area contributed by atoms with Crippen LogP contribution in [0.2, 0.25) is 5.02 Å². The van der Waals surface area contributed by atoms with Gasteiger partial charge in [-0.2, -0.15) is 5.10 Å². The number of anilines is 1. The van der Waals surface area contributed by atoms with Gasteiger partial charge in [-0.15, -0.1) is 5.10 Å². The van der Waals surface area contributed by atoms with Gasteiger partial charge in [-0.3, -0.25) is 10.1 Å². The van der Waals surface area contributed by atoms with E-state index in [1.807, 2.05) is 0 Å². The summed E-state index contributed by atoms with van der Waals surface area (Å²) < 4.78 is 16.6. The first-order chi connectivity index (χ1) is 13.0. The summed E-state index contributed by atoms with van der Waals surface area (Å²) in [6.07, 6.45) is 4.73. The molecular weight excluding hydrogens is 441 g/mol. The van der Waals surface area contributed by atoms with E-state index in [4.69, 9.17) is 11.6 Å². The first-order valence-electron chi connectivity index (χ1n) is 7.65. The van der Waals surface area contributed by atoms with Gasteiger partial charge in [0.15, 0.2) is 11.3 Å². The van der Waals surface area contributed by atoms with Gasteiger partial charge in [-0.1, -0.05) is 17.7 Å². The van der Waals surface area contributed by atoms with Crippen LogP contribution >= 0.6 is 27.5 Å². The zero-order valence-electron chi connectivity index (χ0n) is 13.5. The van der Waals surface area contributed by atoms with Crippen LogP contribution in [-0.2, 0) is 6.54 Å². The fourth-order valence-corrected chi connectivity index (χ4v) is 3.19. The standard InChI is InChI=1S/C16H10BrClFN7O/c17-12-13(23-26-5-1-4-20-14(12)26)15(27)22-16-21-8-25(24-16)7-9-2-3-10(19)6-11(9)18/h1-6,8H,7H2,(H,22,24,27). The van der Waals surface area contributed by atoms with Crippen LogP contribution in [0.3, 0.4) is 0 Å². The SMILES string of the molecule is O=C(Nc1ncn(Cc2ccc(F)cc2Cl)n1)c1nn2cccnc2c1Br. The topological polar surface area (TPSA) is 90.0 Å². The first-order valence-corrected chi connectivity index (χ1v) is 8.82. The fraction of sp³-hybridized carbons (Fsp3) is 0.0625. The van der Waals surface area contributed by atoms with E-state index >= 15 is 0 Å². The third kappa shape index (κ3) is 3.53. The van der Waals surface area contributed by atoms with Crippen molar-refractivity contribution in [3.63, 3.8) is 0 Å². The predicted octanol–water partition coefficient (Wildman–Crippen LogP) is 3.18. The van der Waals surface area contributed by atoms with E-state index in [-0.39, 0.29) is 23.2 Å². The number of hydrogen-bond donors (Lipinski definition) is 1. The van der Waals surface area contributed by atoms with Crippen LogP contribution in [0, 0.1) is 5.82 Å². The molecule has 0 radical (unpaired) electrons. The zero-order chi connectivity index (χ0) is 19.0. The van der Waals surface area contributed by atoms with E-state index in [0.29, 0.717) is 15.7 Å². The predicted molar refractivity (Wildman–Crippen MR) is 99.2 cm³/mol. The first kappa shape index (κ1) is 17.6. The molecule has 4 aromatic rings. The number of rotatable bonds is 4. The molecule has 0 bridgehead atoms. The monoisotopic (exact) mass is 449 g/mol. The summed E-state index contributed by atoms with van der Waals surface area (Å²) in [5.41, 5.74) is 1.36. The molecule has 11 heteroatoms. The Labute approximate surface area is 165 Å². The summed E-state index contributed by atoms with van der Waals surface area (Å²) in [5, 5.41) is 11.2. The number of fused-ring (bicyclic) bond motifs is 1. The van der Waals surface area contributed by atoms with Crippen LogP contribution in [0.4, 0.5) is 10.3 Å². The van der Waals surface area contributed by atoms with Crippen LogP contribution < -0.4 is 5.32 Å². The minimum Gasteiger partial charge on any atom is -0.288 e. The molecule has 1 N–H and O–H groups in total. The third-order valence-corrected chi connectivity index (χ3v) is 4.75. The second-order valence-corrected chi connectivity index (χ2v) is 6.71. The second-order valence-electron chi connectivity index (χ2n) is 5.51. The Morgan fingerprint density at radius 1 is 1.30 bits per heavy atom. The molecule has 4 rings (SSSR count). The molecular formula is C16H10BrClFN7O. The van der Waals surface area contributed by atoms with Gasteiger partial charge < -0.3 is 0 Å². The highest BCUT2D eigenvalue weighted by Crippen LogP contribution is 2.21.